The molecular formula is C25H19BrClNO3. The molecule has 1 unspecified atom stereocenters. The van der Waals surface area contributed by atoms with E-state index in [0.29, 0.717) is 20.7 Å². The molecule has 1 aliphatic heterocycles. The Morgan fingerprint density at radius 3 is 2.52 bits per heavy atom. The number of ketones is 1. The molecule has 0 spiro atoms. The molecule has 0 bridgehead atoms. The van der Waals surface area contributed by atoms with E-state index in [9.17, 15) is 14.7 Å². The van der Waals surface area contributed by atoms with Gasteiger partial charge in [0.2, 0.25) is 0 Å². The van der Waals surface area contributed by atoms with Crippen LogP contribution >= 0.6 is 27.5 Å². The Balaban J connectivity index is 1.65. The number of rotatable bonds is 6. The summed E-state index contributed by atoms with van der Waals surface area (Å²) < 4.78 is 0.712. The summed E-state index contributed by atoms with van der Waals surface area (Å²) in [4.78, 5) is 27.5. The topological polar surface area (TPSA) is 57.6 Å². The number of hydrogen-bond donors (Lipinski definition) is 1. The van der Waals surface area contributed by atoms with Gasteiger partial charge in [0.05, 0.1) is 18.7 Å². The van der Waals surface area contributed by atoms with Crippen LogP contribution in [0.5, 0.6) is 0 Å². The summed E-state index contributed by atoms with van der Waals surface area (Å²) in [6.07, 6.45) is 2.72. The lowest BCUT2D eigenvalue weighted by Crippen LogP contribution is -2.41. The molecule has 3 aromatic rings. The molecule has 1 N–H and O–H groups in total. The van der Waals surface area contributed by atoms with E-state index in [1.807, 2.05) is 48.5 Å². The summed E-state index contributed by atoms with van der Waals surface area (Å²) in [5.41, 5.74) is 0.643. The Morgan fingerprint density at radius 1 is 1.06 bits per heavy atom. The van der Waals surface area contributed by atoms with Crippen molar-refractivity contribution in [2.75, 3.05) is 4.90 Å². The zero-order valence-corrected chi connectivity index (χ0v) is 18.8. The van der Waals surface area contributed by atoms with Gasteiger partial charge >= 0.3 is 0 Å². The minimum Gasteiger partial charge on any atom is -0.375 e. The predicted molar refractivity (Wildman–Crippen MR) is 126 cm³/mol. The fourth-order valence-corrected chi connectivity index (χ4v) is 4.27. The van der Waals surface area contributed by atoms with Crippen LogP contribution in [0.25, 0.3) is 6.08 Å². The van der Waals surface area contributed by atoms with E-state index in [2.05, 4.69) is 15.9 Å². The molecule has 0 saturated heterocycles. The first-order chi connectivity index (χ1) is 14.9. The number of hydrogen-bond acceptors (Lipinski definition) is 3. The number of benzene rings is 3. The maximum atomic E-state index is 13.4. The van der Waals surface area contributed by atoms with Crippen LogP contribution in [0, 0.1) is 0 Å². The van der Waals surface area contributed by atoms with Gasteiger partial charge in [0.25, 0.3) is 5.91 Å². The first-order valence-electron chi connectivity index (χ1n) is 9.72. The lowest BCUT2D eigenvalue weighted by atomic mass is 9.89. The Labute approximate surface area is 193 Å². The second-order valence-electron chi connectivity index (χ2n) is 7.39. The molecule has 1 atom stereocenters. The second kappa shape index (κ2) is 8.79. The van der Waals surface area contributed by atoms with Gasteiger partial charge in [0.1, 0.15) is 0 Å². The van der Waals surface area contributed by atoms with Crippen molar-refractivity contribution in [1.82, 2.24) is 0 Å². The number of aliphatic hydroxyl groups is 1. The van der Waals surface area contributed by atoms with Gasteiger partial charge in [-0.25, -0.2) is 0 Å². The van der Waals surface area contributed by atoms with Crippen molar-refractivity contribution < 1.29 is 14.7 Å². The van der Waals surface area contributed by atoms with E-state index < -0.39 is 11.5 Å². The molecule has 0 aliphatic carbocycles. The van der Waals surface area contributed by atoms with Gasteiger partial charge in [-0.05, 0) is 41.5 Å². The highest BCUT2D eigenvalue weighted by Gasteiger charge is 2.50. The van der Waals surface area contributed by atoms with Crippen LogP contribution in [-0.4, -0.2) is 16.8 Å². The highest BCUT2D eigenvalue weighted by atomic mass is 79.9. The number of amides is 1. The second-order valence-corrected chi connectivity index (χ2v) is 8.71. The van der Waals surface area contributed by atoms with Gasteiger partial charge in [0.15, 0.2) is 11.4 Å². The molecule has 1 heterocycles. The van der Waals surface area contributed by atoms with Gasteiger partial charge in [-0.15, -0.1) is 0 Å². The third-order valence-electron chi connectivity index (χ3n) is 5.27. The van der Waals surface area contributed by atoms with Gasteiger partial charge in [0, 0.05) is 15.1 Å². The van der Waals surface area contributed by atoms with Crippen LogP contribution in [0.1, 0.15) is 23.1 Å². The molecule has 1 amide bonds. The molecule has 4 nitrogen and oxygen atoms in total. The third kappa shape index (κ3) is 4.35. The number of allylic oxidation sites excluding steroid dienone is 1. The summed E-state index contributed by atoms with van der Waals surface area (Å²) in [5, 5.41) is 12.0. The quantitative estimate of drug-likeness (QED) is 0.458. The molecule has 4 rings (SSSR count). The first kappa shape index (κ1) is 21.5. The summed E-state index contributed by atoms with van der Waals surface area (Å²) in [6.45, 7) is 0.198. The van der Waals surface area contributed by atoms with Crippen molar-refractivity contribution in [3.8, 4) is 0 Å². The van der Waals surface area contributed by atoms with Crippen LogP contribution in [0.2, 0.25) is 5.02 Å². The van der Waals surface area contributed by atoms with Crippen LogP contribution in [0.15, 0.2) is 83.3 Å². The smallest absolute Gasteiger partial charge is 0.264 e. The first-order valence-corrected chi connectivity index (χ1v) is 10.9. The van der Waals surface area contributed by atoms with E-state index in [0.717, 1.165) is 11.1 Å². The molecule has 3 aromatic carbocycles. The van der Waals surface area contributed by atoms with E-state index in [4.69, 9.17) is 11.6 Å². The molecule has 0 aromatic heterocycles. The fraction of sp³-hybridized carbons (Fsp3) is 0.120. The normalized spacial score (nSPS) is 17.9. The van der Waals surface area contributed by atoms with Crippen molar-refractivity contribution in [3.05, 3.63) is 105 Å². The van der Waals surface area contributed by atoms with E-state index in [1.54, 1.807) is 30.3 Å². The number of nitrogens with zero attached hydrogens (tertiary/aromatic N) is 1. The predicted octanol–water partition coefficient (Wildman–Crippen LogP) is 5.51. The highest BCUT2D eigenvalue weighted by molar-refractivity contribution is 9.10. The molecule has 1 aliphatic rings. The lowest BCUT2D eigenvalue weighted by Gasteiger charge is -2.22. The minimum atomic E-state index is -1.95. The molecule has 31 heavy (non-hydrogen) atoms. The monoisotopic (exact) mass is 495 g/mol. The Morgan fingerprint density at radius 2 is 1.77 bits per heavy atom. The standard InChI is InChI=1S/C25H19BrClNO3/c26-19-11-13-23-21(14-19)25(31,15-20(29)12-10-17-6-2-1-3-7-17)24(30)28(23)16-18-8-4-5-9-22(18)27/h1-14,31H,15-16H2. The lowest BCUT2D eigenvalue weighted by molar-refractivity contribution is -0.140. The minimum absolute atomic E-state index is 0.198. The number of anilines is 1. The van der Waals surface area contributed by atoms with Gasteiger partial charge in [-0.1, -0.05) is 82.1 Å². The van der Waals surface area contributed by atoms with Gasteiger partial charge in [-0.2, -0.15) is 0 Å². The van der Waals surface area contributed by atoms with Gasteiger partial charge in [-0.3, -0.25) is 9.59 Å². The zero-order valence-electron chi connectivity index (χ0n) is 16.5. The Kier molecular flexibility index (Phi) is 6.10. The van der Waals surface area contributed by atoms with Crippen LogP contribution in [-0.2, 0) is 21.7 Å². The fourth-order valence-electron chi connectivity index (χ4n) is 3.71. The molecular weight excluding hydrogens is 478 g/mol. The van der Waals surface area contributed by atoms with Crippen molar-refractivity contribution in [2.24, 2.45) is 0 Å². The SMILES string of the molecule is O=C(C=Cc1ccccc1)CC1(O)C(=O)N(Cc2ccccc2Cl)c2ccc(Br)cc21. The highest BCUT2D eigenvalue weighted by Crippen LogP contribution is 2.44. The van der Waals surface area contributed by atoms with E-state index in [-0.39, 0.29) is 18.7 Å². The summed E-state index contributed by atoms with van der Waals surface area (Å²) in [5.74, 6) is -0.882. The maximum absolute atomic E-state index is 13.4. The maximum Gasteiger partial charge on any atom is 0.264 e. The number of fused-ring (bicyclic) bond motifs is 1. The average Bonchev–Trinajstić information content (AvgIpc) is 2.96. The van der Waals surface area contributed by atoms with E-state index in [1.165, 1.54) is 11.0 Å². The molecule has 0 saturated carbocycles. The van der Waals surface area contributed by atoms with Crippen molar-refractivity contribution >= 4 is 51.0 Å². The largest absolute Gasteiger partial charge is 0.375 e. The third-order valence-corrected chi connectivity index (χ3v) is 6.13. The molecule has 156 valence electrons. The van der Waals surface area contributed by atoms with E-state index >= 15 is 0 Å². The zero-order chi connectivity index (χ0) is 22.0. The summed E-state index contributed by atoms with van der Waals surface area (Å²) >= 11 is 9.69. The summed E-state index contributed by atoms with van der Waals surface area (Å²) in [6, 6.07) is 21.9. The Hall–Kier alpha value is -2.73. The van der Waals surface area contributed by atoms with Gasteiger partial charge < -0.3 is 10.0 Å². The van der Waals surface area contributed by atoms with Crippen LogP contribution in [0.4, 0.5) is 5.69 Å². The molecule has 0 radical (unpaired) electrons. The van der Waals surface area contributed by atoms with Crippen molar-refractivity contribution in [3.63, 3.8) is 0 Å². The van der Waals surface area contributed by atoms with Crippen molar-refractivity contribution in [2.45, 2.75) is 18.6 Å². The van der Waals surface area contributed by atoms with Crippen LogP contribution < -0.4 is 4.90 Å². The Bertz CT molecular complexity index is 1180. The average molecular weight is 497 g/mol. The summed E-state index contributed by atoms with van der Waals surface area (Å²) in [7, 11) is 0. The molecule has 6 heteroatoms. The number of carbonyl (C=O) groups excluding carboxylic acids is 2. The van der Waals surface area contributed by atoms with Crippen LogP contribution in [0.3, 0.4) is 0 Å². The van der Waals surface area contributed by atoms with Crippen molar-refractivity contribution in [1.29, 1.82) is 0 Å². The number of carbonyl (C=O) groups is 2. The molecule has 0 fully saturated rings. The number of halogens is 2.